The van der Waals surface area contributed by atoms with Gasteiger partial charge in [-0.25, -0.2) is 4.39 Å². The lowest BCUT2D eigenvalue weighted by molar-refractivity contribution is 0.285. The molecule has 31 heavy (non-hydrogen) atoms. The highest BCUT2D eigenvalue weighted by Gasteiger charge is 2.19. The zero-order valence-corrected chi connectivity index (χ0v) is 17.5. The third kappa shape index (κ3) is 4.00. The standard InChI is InChI=1S/C22H25FN8/c1-2-30-16-17(14-24-30)15-28-10-5-11-29(13-12-28)21-9-8-20-25-26-22(31(20)27-21)18-6-3-4-7-19(18)23/h3-4,6-9,14,16H,2,5,10-13,15H2,1H3. The third-order valence-corrected chi connectivity index (χ3v) is 5.69. The molecule has 0 aliphatic carbocycles. The van der Waals surface area contributed by atoms with Crippen LogP contribution in [0.15, 0.2) is 48.8 Å². The molecule has 0 N–H and O–H groups in total. The number of halogens is 1. The fourth-order valence-electron chi connectivity index (χ4n) is 4.04. The maximum atomic E-state index is 14.3. The van der Waals surface area contributed by atoms with Gasteiger partial charge in [-0.1, -0.05) is 12.1 Å². The normalized spacial score (nSPS) is 15.5. The van der Waals surface area contributed by atoms with E-state index in [-0.39, 0.29) is 5.82 Å². The Bertz CT molecular complexity index is 1180. The molecular formula is C22H25FN8. The number of aryl methyl sites for hydroxylation is 1. The summed E-state index contributed by atoms with van der Waals surface area (Å²) in [6.07, 6.45) is 5.12. The summed E-state index contributed by atoms with van der Waals surface area (Å²) in [4.78, 5) is 4.74. The van der Waals surface area contributed by atoms with Crippen LogP contribution in [0.1, 0.15) is 18.9 Å². The van der Waals surface area contributed by atoms with Crippen molar-refractivity contribution in [3.05, 3.63) is 60.2 Å². The van der Waals surface area contributed by atoms with Crippen LogP contribution < -0.4 is 4.90 Å². The summed E-state index contributed by atoms with van der Waals surface area (Å²) < 4.78 is 17.9. The van der Waals surface area contributed by atoms with Crippen LogP contribution in [-0.2, 0) is 13.1 Å². The number of aromatic nitrogens is 6. The van der Waals surface area contributed by atoms with Crippen molar-refractivity contribution in [3.8, 4) is 11.4 Å². The minimum Gasteiger partial charge on any atom is -0.354 e. The Balaban J connectivity index is 1.34. The van der Waals surface area contributed by atoms with Crippen molar-refractivity contribution < 1.29 is 4.39 Å². The number of benzene rings is 1. The minimum absolute atomic E-state index is 0.333. The smallest absolute Gasteiger partial charge is 0.188 e. The monoisotopic (exact) mass is 420 g/mol. The molecule has 0 amide bonds. The molecule has 8 nitrogen and oxygen atoms in total. The first-order valence-corrected chi connectivity index (χ1v) is 10.7. The van der Waals surface area contributed by atoms with Crippen LogP contribution in [-0.4, -0.2) is 60.7 Å². The first-order chi connectivity index (χ1) is 15.2. The Kier molecular flexibility index (Phi) is 5.33. The van der Waals surface area contributed by atoms with Crippen LogP contribution in [0.2, 0.25) is 0 Å². The molecule has 3 aromatic heterocycles. The van der Waals surface area contributed by atoms with Gasteiger partial charge in [0.05, 0.1) is 11.8 Å². The van der Waals surface area contributed by atoms with E-state index in [2.05, 4.69) is 38.2 Å². The number of nitrogens with zero attached hydrogens (tertiary/aromatic N) is 8. The molecule has 4 aromatic rings. The molecule has 0 spiro atoms. The molecule has 0 atom stereocenters. The summed E-state index contributed by atoms with van der Waals surface area (Å²) in [5, 5.41) is 17.5. The number of fused-ring (bicyclic) bond motifs is 1. The van der Waals surface area contributed by atoms with Crippen molar-refractivity contribution in [1.29, 1.82) is 0 Å². The topological polar surface area (TPSA) is 67.4 Å². The zero-order chi connectivity index (χ0) is 21.2. The summed E-state index contributed by atoms with van der Waals surface area (Å²) >= 11 is 0. The Hall–Kier alpha value is -3.33. The van der Waals surface area contributed by atoms with Crippen LogP contribution in [0.4, 0.5) is 10.2 Å². The Labute approximate surface area is 179 Å². The Morgan fingerprint density at radius 3 is 2.74 bits per heavy atom. The van der Waals surface area contributed by atoms with Crippen LogP contribution >= 0.6 is 0 Å². The van der Waals surface area contributed by atoms with Gasteiger partial charge in [-0.15, -0.1) is 15.3 Å². The van der Waals surface area contributed by atoms with E-state index in [4.69, 9.17) is 5.10 Å². The first kappa shape index (κ1) is 19.6. The molecular weight excluding hydrogens is 395 g/mol. The van der Waals surface area contributed by atoms with Gasteiger partial charge in [0.15, 0.2) is 11.5 Å². The molecule has 0 unspecified atom stereocenters. The van der Waals surface area contributed by atoms with Crippen LogP contribution in [0.25, 0.3) is 17.0 Å². The van der Waals surface area contributed by atoms with Gasteiger partial charge >= 0.3 is 0 Å². The highest BCUT2D eigenvalue weighted by atomic mass is 19.1. The molecule has 4 heterocycles. The number of anilines is 1. The average Bonchev–Trinajstić information content (AvgIpc) is 3.35. The largest absolute Gasteiger partial charge is 0.354 e. The van der Waals surface area contributed by atoms with Gasteiger partial charge in [0.2, 0.25) is 0 Å². The highest BCUT2D eigenvalue weighted by molar-refractivity contribution is 5.60. The van der Waals surface area contributed by atoms with Crippen LogP contribution in [0, 0.1) is 5.82 Å². The summed E-state index contributed by atoms with van der Waals surface area (Å²) in [6.45, 7) is 7.65. The second-order valence-electron chi connectivity index (χ2n) is 7.79. The van der Waals surface area contributed by atoms with Crippen LogP contribution in [0.5, 0.6) is 0 Å². The molecule has 1 aromatic carbocycles. The predicted molar refractivity (Wildman–Crippen MR) is 116 cm³/mol. The molecule has 5 rings (SSSR count). The molecule has 0 bridgehead atoms. The number of hydrogen-bond acceptors (Lipinski definition) is 6. The van der Waals surface area contributed by atoms with E-state index in [1.54, 1.807) is 22.7 Å². The molecule has 0 saturated carbocycles. The molecule has 1 aliphatic heterocycles. The van der Waals surface area contributed by atoms with Gasteiger partial charge in [0.25, 0.3) is 0 Å². The zero-order valence-electron chi connectivity index (χ0n) is 17.5. The number of hydrogen-bond donors (Lipinski definition) is 0. The second-order valence-corrected chi connectivity index (χ2v) is 7.79. The molecule has 9 heteroatoms. The van der Waals surface area contributed by atoms with E-state index in [1.165, 1.54) is 11.6 Å². The van der Waals surface area contributed by atoms with E-state index in [1.807, 2.05) is 23.0 Å². The Morgan fingerprint density at radius 1 is 1.00 bits per heavy atom. The van der Waals surface area contributed by atoms with E-state index >= 15 is 0 Å². The maximum absolute atomic E-state index is 14.3. The summed E-state index contributed by atoms with van der Waals surface area (Å²) in [5.41, 5.74) is 2.24. The van der Waals surface area contributed by atoms with E-state index in [9.17, 15) is 4.39 Å². The van der Waals surface area contributed by atoms with E-state index in [0.29, 0.717) is 17.0 Å². The average molecular weight is 420 g/mol. The fraction of sp³-hybridized carbons (Fsp3) is 0.364. The van der Waals surface area contributed by atoms with Crippen LogP contribution in [0.3, 0.4) is 0 Å². The summed E-state index contributed by atoms with van der Waals surface area (Å²) in [6, 6.07) is 10.4. The van der Waals surface area contributed by atoms with Gasteiger partial charge in [0.1, 0.15) is 11.6 Å². The van der Waals surface area contributed by atoms with Crippen molar-refractivity contribution in [2.24, 2.45) is 0 Å². The maximum Gasteiger partial charge on any atom is 0.188 e. The predicted octanol–water partition coefficient (Wildman–Crippen LogP) is 2.86. The van der Waals surface area contributed by atoms with Crippen molar-refractivity contribution in [2.45, 2.75) is 26.4 Å². The van der Waals surface area contributed by atoms with E-state index < -0.39 is 0 Å². The lowest BCUT2D eigenvalue weighted by Crippen LogP contribution is -2.31. The van der Waals surface area contributed by atoms with Crippen molar-refractivity contribution >= 4 is 11.5 Å². The molecule has 160 valence electrons. The highest BCUT2D eigenvalue weighted by Crippen LogP contribution is 2.22. The quantitative estimate of drug-likeness (QED) is 0.495. The SMILES string of the molecule is CCn1cc(CN2CCCN(c3ccc4nnc(-c5ccccc5F)n4n3)CC2)cn1. The van der Waals surface area contributed by atoms with Crippen molar-refractivity contribution in [2.75, 3.05) is 31.1 Å². The van der Waals surface area contributed by atoms with Crippen molar-refractivity contribution in [3.63, 3.8) is 0 Å². The minimum atomic E-state index is -0.333. The first-order valence-electron chi connectivity index (χ1n) is 10.7. The number of rotatable bonds is 5. The van der Waals surface area contributed by atoms with E-state index in [0.717, 1.165) is 51.5 Å². The van der Waals surface area contributed by atoms with Gasteiger partial charge in [-0.2, -0.15) is 9.61 Å². The van der Waals surface area contributed by atoms with Gasteiger partial charge < -0.3 is 4.90 Å². The fourth-order valence-corrected chi connectivity index (χ4v) is 4.04. The molecule has 1 aliphatic rings. The molecule has 1 saturated heterocycles. The summed E-state index contributed by atoms with van der Waals surface area (Å²) in [5.74, 6) is 0.936. The molecule has 0 radical (unpaired) electrons. The lowest BCUT2D eigenvalue weighted by atomic mass is 10.2. The van der Waals surface area contributed by atoms with Crippen molar-refractivity contribution in [1.82, 2.24) is 34.5 Å². The van der Waals surface area contributed by atoms with Gasteiger partial charge in [-0.05, 0) is 37.6 Å². The molecule has 1 fully saturated rings. The third-order valence-electron chi connectivity index (χ3n) is 5.69. The van der Waals surface area contributed by atoms with Gasteiger partial charge in [0, 0.05) is 51.0 Å². The summed E-state index contributed by atoms with van der Waals surface area (Å²) in [7, 11) is 0. The second kappa shape index (κ2) is 8.43. The Morgan fingerprint density at radius 2 is 1.90 bits per heavy atom. The lowest BCUT2D eigenvalue weighted by Gasteiger charge is -2.22. The van der Waals surface area contributed by atoms with Gasteiger partial charge in [-0.3, -0.25) is 9.58 Å².